The van der Waals surface area contributed by atoms with Crippen molar-refractivity contribution < 1.29 is 4.79 Å². The van der Waals surface area contributed by atoms with Gasteiger partial charge in [0, 0.05) is 11.3 Å². The number of para-hydroxylation sites is 1. The van der Waals surface area contributed by atoms with Crippen molar-refractivity contribution in [3.8, 4) is 11.1 Å². The minimum Gasteiger partial charge on any atom is -0.324 e. The molecule has 0 unspecified atom stereocenters. The van der Waals surface area contributed by atoms with Crippen LogP contribution in [0.2, 0.25) is 0 Å². The predicted octanol–water partition coefficient (Wildman–Crippen LogP) is 3.67. The third-order valence-electron chi connectivity index (χ3n) is 3.83. The molecule has 1 amide bonds. The highest BCUT2D eigenvalue weighted by Gasteiger charge is 2.20. The van der Waals surface area contributed by atoms with E-state index in [1.165, 1.54) is 0 Å². The normalized spacial score (nSPS) is 13.5. The molecule has 0 saturated carbocycles. The zero-order chi connectivity index (χ0) is 15.2. The first-order valence-corrected chi connectivity index (χ1v) is 7.34. The highest BCUT2D eigenvalue weighted by Crippen LogP contribution is 2.27. The number of rotatable bonds is 5. The molecule has 0 aromatic heterocycles. The standard InChI is InChI=1S/C18H22N2O/c1-3-13(2)17(19)18(21)20-16-12-8-7-11-15(16)14-9-5-4-6-10-14/h4-13,17H,3,19H2,1-2H3,(H,20,21)/t13-,17-/m0/s1. The van der Waals surface area contributed by atoms with Crippen molar-refractivity contribution in [1.82, 2.24) is 0 Å². The molecule has 2 atom stereocenters. The Hall–Kier alpha value is -2.13. The van der Waals surface area contributed by atoms with Crippen molar-refractivity contribution in [1.29, 1.82) is 0 Å². The van der Waals surface area contributed by atoms with Gasteiger partial charge in [0.05, 0.1) is 6.04 Å². The van der Waals surface area contributed by atoms with Crippen LogP contribution in [-0.4, -0.2) is 11.9 Å². The number of nitrogens with one attached hydrogen (secondary N) is 1. The summed E-state index contributed by atoms with van der Waals surface area (Å²) in [5.41, 5.74) is 8.87. The molecule has 2 aromatic carbocycles. The van der Waals surface area contributed by atoms with Crippen molar-refractivity contribution in [3.05, 3.63) is 54.6 Å². The highest BCUT2D eigenvalue weighted by atomic mass is 16.2. The van der Waals surface area contributed by atoms with E-state index in [1.807, 2.05) is 68.4 Å². The molecule has 110 valence electrons. The number of amides is 1. The average molecular weight is 282 g/mol. The third-order valence-corrected chi connectivity index (χ3v) is 3.83. The van der Waals surface area contributed by atoms with E-state index in [9.17, 15) is 4.79 Å². The molecule has 0 aliphatic heterocycles. The summed E-state index contributed by atoms with van der Waals surface area (Å²) >= 11 is 0. The van der Waals surface area contributed by atoms with Gasteiger partial charge in [-0.05, 0) is 17.5 Å². The molecule has 0 saturated heterocycles. The molecule has 2 aromatic rings. The molecule has 0 spiro atoms. The van der Waals surface area contributed by atoms with Crippen molar-refractivity contribution in [3.63, 3.8) is 0 Å². The lowest BCUT2D eigenvalue weighted by Gasteiger charge is -2.19. The Balaban J connectivity index is 2.24. The van der Waals surface area contributed by atoms with Crippen molar-refractivity contribution in [2.75, 3.05) is 5.32 Å². The summed E-state index contributed by atoms with van der Waals surface area (Å²) in [6.45, 7) is 4.03. The van der Waals surface area contributed by atoms with Crippen molar-refractivity contribution in [2.45, 2.75) is 26.3 Å². The van der Waals surface area contributed by atoms with Gasteiger partial charge in [0.25, 0.3) is 0 Å². The van der Waals surface area contributed by atoms with Gasteiger partial charge < -0.3 is 11.1 Å². The first-order valence-electron chi connectivity index (χ1n) is 7.34. The van der Waals surface area contributed by atoms with Gasteiger partial charge in [0.1, 0.15) is 0 Å². The Morgan fingerprint density at radius 2 is 1.71 bits per heavy atom. The molecule has 0 aliphatic carbocycles. The summed E-state index contributed by atoms with van der Waals surface area (Å²) in [5.74, 6) is 0.0293. The number of carbonyl (C=O) groups is 1. The summed E-state index contributed by atoms with van der Waals surface area (Å²) in [4.78, 5) is 12.3. The number of carbonyl (C=O) groups excluding carboxylic acids is 1. The Morgan fingerprint density at radius 3 is 2.38 bits per heavy atom. The SMILES string of the molecule is CC[C@H](C)[C@H](N)C(=O)Nc1ccccc1-c1ccccc1. The van der Waals surface area contributed by atoms with Gasteiger partial charge in [-0.1, -0.05) is 68.8 Å². The fraction of sp³-hybridized carbons (Fsp3) is 0.278. The highest BCUT2D eigenvalue weighted by molar-refractivity contribution is 5.98. The van der Waals surface area contributed by atoms with Crippen molar-refractivity contribution in [2.24, 2.45) is 11.7 Å². The van der Waals surface area contributed by atoms with Gasteiger partial charge in [-0.2, -0.15) is 0 Å². The van der Waals surface area contributed by atoms with Gasteiger partial charge in [-0.15, -0.1) is 0 Å². The molecule has 3 heteroatoms. The van der Waals surface area contributed by atoms with Gasteiger partial charge in [-0.25, -0.2) is 0 Å². The van der Waals surface area contributed by atoms with Gasteiger partial charge in [-0.3, -0.25) is 4.79 Å². The molecule has 0 heterocycles. The van der Waals surface area contributed by atoms with E-state index in [1.54, 1.807) is 0 Å². The van der Waals surface area contributed by atoms with Crippen LogP contribution in [-0.2, 0) is 4.79 Å². The first-order chi connectivity index (χ1) is 10.1. The molecular weight excluding hydrogens is 260 g/mol. The maximum Gasteiger partial charge on any atom is 0.241 e. The molecule has 0 fully saturated rings. The minimum absolute atomic E-state index is 0.132. The number of anilines is 1. The van der Waals surface area contributed by atoms with E-state index in [0.717, 1.165) is 23.2 Å². The molecular formula is C18H22N2O. The smallest absolute Gasteiger partial charge is 0.241 e. The second-order valence-corrected chi connectivity index (χ2v) is 5.31. The maximum atomic E-state index is 12.3. The minimum atomic E-state index is -0.487. The Kier molecular flexibility index (Phi) is 5.12. The fourth-order valence-electron chi connectivity index (χ4n) is 2.19. The largest absolute Gasteiger partial charge is 0.324 e. The summed E-state index contributed by atoms with van der Waals surface area (Å²) in [6, 6.07) is 17.3. The van der Waals surface area contributed by atoms with Crippen LogP contribution in [0.3, 0.4) is 0 Å². The van der Waals surface area contributed by atoms with E-state index < -0.39 is 6.04 Å². The van der Waals surface area contributed by atoms with E-state index >= 15 is 0 Å². The Labute approximate surface area is 126 Å². The lowest BCUT2D eigenvalue weighted by molar-refractivity contribution is -0.118. The van der Waals surface area contributed by atoms with Crippen LogP contribution in [0.1, 0.15) is 20.3 Å². The summed E-state index contributed by atoms with van der Waals surface area (Å²) in [6.07, 6.45) is 0.884. The second kappa shape index (κ2) is 7.04. The van der Waals surface area contributed by atoms with Crippen LogP contribution in [0.4, 0.5) is 5.69 Å². The molecule has 0 aliphatic rings. The average Bonchev–Trinajstić information content (AvgIpc) is 2.54. The van der Waals surface area contributed by atoms with Crippen LogP contribution in [0.15, 0.2) is 54.6 Å². The predicted molar refractivity (Wildman–Crippen MR) is 87.9 cm³/mol. The number of nitrogens with two attached hydrogens (primary N) is 1. The quantitative estimate of drug-likeness (QED) is 0.879. The summed E-state index contributed by atoms with van der Waals surface area (Å²) < 4.78 is 0. The van der Waals surface area contributed by atoms with E-state index in [2.05, 4.69) is 5.32 Å². The molecule has 0 radical (unpaired) electrons. The monoisotopic (exact) mass is 282 g/mol. The Morgan fingerprint density at radius 1 is 1.10 bits per heavy atom. The molecule has 3 N–H and O–H groups in total. The van der Waals surface area contributed by atoms with Crippen LogP contribution in [0.5, 0.6) is 0 Å². The lowest BCUT2D eigenvalue weighted by atomic mass is 9.98. The number of hydrogen-bond acceptors (Lipinski definition) is 2. The van der Waals surface area contributed by atoms with Gasteiger partial charge in [0.15, 0.2) is 0 Å². The van der Waals surface area contributed by atoms with Crippen LogP contribution < -0.4 is 11.1 Å². The Bertz CT molecular complexity index is 595. The fourth-order valence-corrected chi connectivity index (χ4v) is 2.19. The summed E-state index contributed by atoms with van der Waals surface area (Å²) in [7, 11) is 0. The molecule has 0 bridgehead atoms. The van der Waals surface area contributed by atoms with Crippen LogP contribution in [0, 0.1) is 5.92 Å². The van der Waals surface area contributed by atoms with Gasteiger partial charge in [0.2, 0.25) is 5.91 Å². The van der Waals surface area contributed by atoms with E-state index in [0.29, 0.717) is 0 Å². The van der Waals surface area contributed by atoms with E-state index in [4.69, 9.17) is 5.73 Å². The van der Waals surface area contributed by atoms with Crippen molar-refractivity contribution >= 4 is 11.6 Å². The first kappa shape index (κ1) is 15.3. The van der Waals surface area contributed by atoms with Gasteiger partial charge >= 0.3 is 0 Å². The second-order valence-electron chi connectivity index (χ2n) is 5.31. The maximum absolute atomic E-state index is 12.3. The molecule has 21 heavy (non-hydrogen) atoms. The lowest BCUT2D eigenvalue weighted by Crippen LogP contribution is -2.40. The molecule has 2 rings (SSSR count). The number of benzene rings is 2. The zero-order valence-electron chi connectivity index (χ0n) is 12.5. The third kappa shape index (κ3) is 3.70. The van der Waals surface area contributed by atoms with E-state index in [-0.39, 0.29) is 11.8 Å². The van der Waals surface area contributed by atoms with Crippen LogP contribution in [0.25, 0.3) is 11.1 Å². The summed E-state index contributed by atoms with van der Waals surface area (Å²) in [5, 5.41) is 2.96. The molecule has 3 nitrogen and oxygen atoms in total. The number of hydrogen-bond donors (Lipinski definition) is 2. The van der Waals surface area contributed by atoms with Crippen LogP contribution >= 0.6 is 0 Å². The topological polar surface area (TPSA) is 55.1 Å². The zero-order valence-corrected chi connectivity index (χ0v) is 12.5.